The van der Waals surface area contributed by atoms with Crippen LogP contribution in [0.1, 0.15) is 54.9 Å². The molecular weight excluding hydrogens is 351 g/mol. The zero-order chi connectivity index (χ0) is 19.3. The van der Waals surface area contributed by atoms with E-state index in [4.69, 9.17) is 0 Å². The van der Waals surface area contributed by atoms with Crippen LogP contribution in [-0.2, 0) is 17.4 Å². The molecule has 2 amide bonds. The van der Waals surface area contributed by atoms with Gasteiger partial charge in [-0.15, -0.1) is 0 Å². The molecule has 6 nitrogen and oxygen atoms in total. The first-order chi connectivity index (χ1) is 12.3. The van der Waals surface area contributed by atoms with Crippen molar-refractivity contribution in [1.29, 1.82) is 0 Å². The minimum Gasteiger partial charge on any atom is -0.329 e. The number of unbranched alkanes of at least 4 members (excludes halogenated alkanes) is 1. The summed E-state index contributed by atoms with van der Waals surface area (Å²) in [5, 5.41) is 5.64. The molecule has 0 fully saturated rings. The highest BCUT2D eigenvalue weighted by atomic mass is 19.4. The highest BCUT2D eigenvalue weighted by Crippen LogP contribution is 2.30. The van der Waals surface area contributed by atoms with Gasteiger partial charge in [-0.2, -0.15) is 18.2 Å². The number of imide groups is 1. The molecule has 0 radical (unpaired) electrons. The van der Waals surface area contributed by atoms with E-state index in [9.17, 15) is 22.8 Å². The molecule has 0 spiro atoms. The Labute approximate surface area is 147 Å². The van der Waals surface area contributed by atoms with Crippen molar-refractivity contribution in [2.75, 3.05) is 0 Å². The Morgan fingerprint density at radius 1 is 1.23 bits per heavy atom. The number of nitrogens with zero attached hydrogens (tertiary/aromatic N) is 2. The molecule has 0 aliphatic rings. The second-order valence-corrected chi connectivity index (χ2v) is 5.63. The molecule has 2 aromatic rings. The van der Waals surface area contributed by atoms with E-state index < -0.39 is 18.0 Å². The van der Waals surface area contributed by atoms with Crippen LogP contribution >= 0.6 is 0 Å². The third-order valence-corrected chi connectivity index (χ3v) is 3.67. The topological polar surface area (TPSA) is 85.1 Å². The standard InChI is InChI=1S/C17H18F3N3O3/c1-3-5-6-13(24)21-15(25)12-8-7-11(9-10(12)4-2)14-22-16(26-23-14)17(18,19)20/h7-9H,3-6H2,1-2H3,(H,21,24,25). The first-order valence-corrected chi connectivity index (χ1v) is 8.14. The number of carbonyl (C=O) groups excluding carboxylic acids is 2. The summed E-state index contributed by atoms with van der Waals surface area (Å²) in [6.07, 6.45) is -2.52. The largest absolute Gasteiger partial charge is 0.471 e. The summed E-state index contributed by atoms with van der Waals surface area (Å²) in [5.74, 6) is -2.57. The first-order valence-electron chi connectivity index (χ1n) is 8.14. The van der Waals surface area contributed by atoms with Crippen LogP contribution < -0.4 is 5.32 Å². The maximum atomic E-state index is 12.6. The van der Waals surface area contributed by atoms with Crippen molar-refractivity contribution in [3.8, 4) is 11.4 Å². The van der Waals surface area contributed by atoms with Crippen LogP contribution in [0, 0.1) is 0 Å². The SMILES string of the molecule is CCCCC(=O)NC(=O)c1ccc(-c2noc(C(F)(F)F)n2)cc1CC. The van der Waals surface area contributed by atoms with E-state index in [-0.39, 0.29) is 29.3 Å². The van der Waals surface area contributed by atoms with Crippen molar-refractivity contribution in [2.45, 2.75) is 45.7 Å². The molecule has 0 unspecified atom stereocenters. The van der Waals surface area contributed by atoms with E-state index in [0.717, 1.165) is 6.42 Å². The van der Waals surface area contributed by atoms with Gasteiger partial charge in [-0.1, -0.05) is 31.5 Å². The van der Waals surface area contributed by atoms with Crippen molar-refractivity contribution >= 4 is 11.8 Å². The number of hydrogen-bond acceptors (Lipinski definition) is 5. The molecule has 1 N–H and O–H groups in total. The maximum Gasteiger partial charge on any atom is 0.471 e. The van der Waals surface area contributed by atoms with E-state index >= 15 is 0 Å². The molecule has 26 heavy (non-hydrogen) atoms. The molecule has 0 bridgehead atoms. The summed E-state index contributed by atoms with van der Waals surface area (Å²) in [6, 6.07) is 4.35. The number of aromatic nitrogens is 2. The maximum absolute atomic E-state index is 12.6. The van der Waals surface area contributed by atoms with Gasteiger partial charge in [-0.25, -0.2) is 0 Å². The smallest absolute Gasteiger partial charge is 0.329 e. The van der Waals surface area contributed by atoms with Gasteiger partial charge in [-0.3, -0.25) is 14.9 Å². The van der Waals surface area contributed by atoms with Crippen molar-refractivity contribution in [3.63, 3.8) is 0 Å². The van der Waals surface area contributed by atoms with E-state index in [1.54, 1.807) is 6.92 Å². The van der Waals surface area contributed by atoms with Gasteiger partial charge in [0.05, 0.1) is 0 Å². The lowest BCUT2D eigenvalue weighted by Crippen LogP contribution is -2.30. The predicted octanol–water partition coefficient (Wildman–Crippen LogP) is 3.76. The molecule has 1 aromatic heterocycles. The summed E-state index contributed by atoms with van der Waals surface area (Å²) in [4.78, 5) is 27.3. The Morgan fingerprint density at radius 3 is 2.54 bits per heavy atom. The number of aryl methyl sites for hydroxylation is 1. The number of carbonyl (C=O) groups is 2. The van der Waals surface area contributed by atoms with Crippen LogP contribution in [0.3, 0.4) is 0 Å². The summed E-state index contributed by atoms with van der Waals surface area (Å²) in [6.45, 7) is 3.72. The van der Waals surface area contributed by atoms with Crippen molar-refractivity contribution in [1.82, 2.24) is 15.5 Å². The molecular formula is C17H18F3N3O3. The fourth-order valence-electron chi connectivity index (χ4n) is 2.30. The highest BCUT2D eigenvalue weighted by Gasteiger charge is 2.38. The third kappa shape index (κ3) is 4.68. The van der Waals surface area contributed by atoms with Crippen LogP contribution in [0.15, 0.2) is 22.7 Å². The lowest BCUT2D eigenvalue weighted by atomic mass is 10.0. The Kier molecular flexibility index (Phi) is 6.12. The van der Waals surface area contributed by atoms with E-state index in [0.29, 0.717) is 18.4 Å². The molecule has 0 saturated carbocycles. The average molecular weight is 369 g/mol. The number of nitrogens with one attached hydrogen (secondary N) is 1. The van der Waals surface area contributed by atoms with E-state index in [2.05, 4.69) is 20.0 Å². The van der Waals surface area contributed by atoms with Gasteiger partial charge in [0.15, 0.2) is 0 Å². The zero-order valence-corrected chi connectivity index (χ0v) is 14.3. The predicted molar refractivity (Wildman–Crippen MR) is 86.1 cm³/mol. The van der Waals surface area contributed by atoms with Crippen molar-refractivity contribution in [3.05, 3.63) is 35.2 Å². The van der Waals surface area contributed by atoms with Gasteiger partial charge in [0, 0.05) is 17.5 Å². The highest BCUT2D eigenvalue weighted by molar-refractivity contribution is 6.05. The number of benzene rings is 1. The monoisotopic (exact) mass is 369 g/mol. The van der Waals surface area contributed by atoms with Crippen LogP contribution in [0.25, 0.3) is 11.4 Å². The van der Waals surface area contributed by atoms with Gasteiger partial charge in [0.2, 0.25) is 11.7 Å². The van der Waals surface area contributed by atoms with Gasteiger partial charge in [-0.05, 0) is 30.5 Å². The fourth-order valence-corrected chi connectivity index (χ4v) is 2.30. The molecule has 0 atom stereocenters. The van der Waals surface area contributed by atoms with Crippen molar-refractivity contribution in [2.24, 2.45) is 0 Å². The molecule has 9 heteroatoms. The summed E-state index contributed by atoms with van der Waals surface area (Å²) in [5.41, 5.74) is 1.12. The number of hydrogen-bond donors (Lipinski definition) is 1. The number of amides is 2. The number of alkyl halides is 3. The van der Waals surface area contributed by atoms with Gasteiger partial charge < -0.3 is 4.52 Å². The van der Waals surface area contributed by atoms with E-state index in [1.807, 2.05) is 6.92 Å². The van der Waals surface area contributed by atoms with Gasteiger partial charge in [0.1, 0.15) is 0 Å². The second kappa shape index (κ2) is 8.11. The van der Waals surface area contributed by atoms with Crippen LogP contribution in [0.5, 0.6) is 0 Å². The Bertz CT molecular complexity index is 800. The molecule has 2 rings (SSSR count). The quantitative estimate of drug-likeness (QED) is 0.838. The van der Waals surface area contributed by atoms with E-state index in [1.165, 1.54) is 18.2 Å². The second-order valence-electron chi connectivity index (χ2n) is 5.63. The van der Waals surface area contributed by atoms with Crippen molar-refractivity contribution < 1.29 is 27.3 Å². The van der Waals surface area contributed by atoms with Gasteiger partial charge in [0.25, 0.3) is 5.91 Å². The lowest BCUT2D eigenvalue weighted by Gasteiger charge is -2.09. The van der Waals surface area contributed by atoms with Crippen LogP contribution in [-0.4, -0.2) is 22.0 Å². The number of halogens is 3. The lowest BCUT2D eigenvalue weighted by molar-refractivity contribution is -0.159. The van der Waals surface area contributed by atoms with Crippen LogP contribution in [0.2, 0.25) is 0 Å². The Morgan fingerprint density at radius 2 is 1.96 bits per heavy atom. The fraction of sp³-hybridized carbons (Fsp3) is 0.412. The Hall–Kier alpha value is -2.71. The molecule has 140 valence electrons. The third-order valence-electron chi connectivity index (χ3n) is 3.67. The summed E-state index contributed by atoms with van der Waals surface area (Å²) >= 11 is 0. The number of rotatable bonds is 6. The molecule has 0 aliphatic carbocycles. The minimum atomic E-state index is -4.72. The summed E-state index contributed by atoms with van der Waals surface area (Å²) in [7, 11) is 0. The summed E-state index contributed by atoms with van der Waals surface area (Å²) < 4.78 is 41.9. The molecule has 0 saturated heterocycles. The molecule has 0 aliphatic heterocycles. The minimum absolute atomic E-state index is 0.224. The normalized spacial score (nSPS) is 11.4. The zero-order valence-electron chi connectivity index (χ0n) is 14.3. The first kappa shape index (κ1) is 19.6. The molecule has 1 heterocycles. The molecule has 1 aromatic carbocycles. The van der Waals surface area contributed by atoms with Gasteiger partial charge >= 0.3 is 12.1 Å². The Balaban J connectivity index is 2.23. The van der Waals surface area contributed by atoms with Crippen LogP contribution in [0.4, 0.5) is 13.2 Å². The average Bonchev–Trinajstić information content (AvgIpc) is 3.09.